The van der Waals surface area contributed by atoms with Gasteiger partial charge in [-0.3, -0.25) is 0 Å². The zero-order valence-electron chi connectivity index (χ0n) is 12.1. The molecular weight excluding hydrogens is 367 g/mol. The van der Waals surface area contributed by atoms with Crippen LogP contribution in [0.25, 0.3) is 0 Å². The summed E-state index contributed by atoms with van der Waals surface area (Å²) in [6.45, 7) is 0. The first kappa shape index (κ1) is 18.1. The second kappa shape index (κ2) is 6.71. The van der Waals surface area contributed by atoms with Gasteiger partial charge in [-0.15, -0.1) is 0 Å². The van der Waals surface area contributed by atoms with Crippen molar-refractivity contribution in [1.82, 2.24) is 0 Å². The minimum atomic E-state index is -3.90. The van der Waals surface area contributed by atoms with Gasteiger partial charge in [0.2, 0.25) is 0 Å². The number of nitrogens with zero attached hydrogens (tertiary/aromatic N) is 1. The van der Waals surface area contributed by atoms with E-state index < -0.39 is 43.9 Å². The highest BCUT2D eigenvalue weighted by Gasteiger charge is 2.26. The molecule has 0 aromatic heterocycles. The molecule has 0 atom stereocenters. The molecule has 0 heterocycles. The van der Waals surface area contributed by atoms with Crippen LogP contribution in [0.1, 0.15) is 17.6 Å². The fourth-order valence-corrected chi connectivity index (χ4v) is 3.08. The highest BCUT2D eigenvalue weighted by Crippen LogP contribution is 2.38. The summed E-state index contributed by atoms with van der Waals surface area (Å²) < 4.78 is 68.5. The van der Waals surface area contributed by atoms with Crippen molar-refractivity contribution in [3.8, 4) is 17.6 Å². The van der Waals surface area contributed by atoms with Crippen LogP contribution in [0.2, 0.25) is 5.02 Å². The molecule has 2 aromatic rings. The van der Waals surface area contributed by atoms with E-state index in [9.17, 15) is 21.6 Å². The van der Waals surface area contributed by atoms with Gasteiger partial charge in [-0.05, 0) is 24.3 Å². The summed E-state index contributed by atoms with van der Waals surface area (Å²) in [5, 5.41) is 9.09. The molecule has 0 saturated carbocycles. The van der Waals surface area contributed by atoms with Crippen LogP contribution in [0.15, 0.2) is 35.2 Å². The molecule has 9 heteroatoms. The summed E-state index contributed by atoms with van der Waals surface area (Å²) in [4.78, 5) is -0.537. The third-order valence-corrected chi connectivity index (χ3v) is 4.32. The summed E-state index contributed by atoms with van der Waals surface area (Å²) in [6, 6.07) is 6.53. The first-order valence-electron chi connectivity index (χ1n) is 6.32. The lowest BCUT2D eigenvalue weighted by Gasteiger charge is -2.14. The minimum absolute atomic E-state index is 0.0168. The summed E-state index contributed by atoms with van der Waals surface area (Å²) in [5.41, 5.74) is -1.60. The molecule has 0 amide bonds. The predicted molar refractivity (Wildman–Crippen MR) is 80.7 cm³/mol. The van der Waals surface area contributed by atoms with Crippen LogP contribution < -0.4 is 4.74 Å². The number of benzene rings is 2. The van der Waals surface area contributed by atoms with Crippen LogP contribution in [-0.4, -0.2) is 14.7 Å². The third kappa shape index (κ3) is 3.80. The molecule has 0 aliphatic carbocycles. The molecule has 126 valence electrons. The quantitative estimate of drug-likeness (QED) is 0.790. The molecule has 0 bridgehead atoms. The molecule has 0 N–H and O–H groups in total. The van der Waals surface area contributed by atoms with E-state index in [0.717, 1.165) is 30.5 Å². The molecule has 24 heavy (non-hydrogen) atoms. The zero-order chi connectivity index (χ0) is 18.1. The number of ether oxygens (including phenoxy) is 1. The maximum atomic E-state index is 13.4. The van der Waals surface area contributed by atoms with Gasteiger partial charge in [-0.1, -0.05) is 11.6 Å². The van der Waals surface area contributed by atoms with Gasteiger partial charge < -0.3 is 4.74 Å². The highest BCUT2D eigenvalue weighted by molar-refractivity contribution is 7.90. The predicted octanol–water partition coefficient (Wildman–Crippen LogP) is 4.48. The van der Waals surface area contributed by atoms with E-state index in [4.69, 9.17) is 21.6 Å². The van der Waals surface area contributed by atoms with Crippen molar-refractivity contribution < 1.29 is 26.3 Å². The molecule has 0 fully saturated rings. The molecular formula is C15H9ClF3NO3S. The zero-order valence-corrected chi connectivity index (χ0v) is 13.6. The first-order valence-corrected chi connectivity index (χ1v) is 8.59. The molecule has 0 spiro atoms. The molecule has 2 rings (SSSR count). The Hall–Kier alpha value is -2.24. The van der Waals surface area contributed by atoms with Gasteiger partial charge in [-0.2, -0.15) is 5.26 Å². The van der Waals surface area contributed by atoms with Gasteiger partial charge in [0.15, 0.2) is 9.84 Å². The van der Waals surface area contributed by atoms with Crippen molar-refractivity contribution in [2.45, 2.75) is 11.3 Å². The molecule has 0 aliphatic rings. The van der Waals surface area contributed by atoms with E-state index in [0.29, 0.717) is 0 Å². The van der Waals surface area contributed by atoms with Crippen molar-refractivity contribution in [1.29, 1.82) is 5.26 Å². The molecule has 4 nitrogen and oxygen atoms in total. The van der Waals surface area contributed by atoms with Crippen molar-refractivity contribution in [2.24, 2.45) is 0 Å². The summed E-state index contributed by atoms with van der Waals surface area (Å²) in [5.74, 6) is -1.38. The fourth-order valence-electron chi connectivity index (χ4n) is 2.02. The average Bonchev–Trinajstić information content (AvgIpc) is 2.43. The van der Waals surface area contributed by atoms with Crippen LogP contribution in [0.3, 0.4) is 0 Å². The Morgan fingerprint density at radius 3 is 2.42 bits per heavy atom. The molecule has 0 radical (unpaired) electrons. The van der Waals surface area contributed by atoms with Crippen molar-refractivity contribution in [3.05, 3.63) is 52.3 Å². The van der Waals surface area contributed by atoms with Gasteiger partial charge in [0, 0.05) is 17.3 Å². The van der Waals surface area contributed by atoms with Crippen LogP contribution in [0.4, 0.5) is 13.2 Å². The van der Waals surface area contributed by atoms with E-state index in [-0.39, 0.29) is 10.8 Å². The lowest BCUT2D eigenvalue weighted by Crippen LogP contribution is -2.05. The number of sulfone groups is 1. The summed E-state index contributed by atoms with van der Waals surface area (Å²) in [6.07, 6.45) is -2.38. The third-order valence-electron chi connectivity index (χ3n) is 2.96. The van der Waals surface area contributed by atoms with Gasteiger partial charge in [-0.25, -0.2) is 21.6 Å². The van der Waals surface area contributed by atoms with E-state index in [1.54, 1.807) is 0 Å². The Kier molecular flexibility index (Phi) is 5.06. The van der Waals surface area contributed by atoms with E-state index in [1.165, 1.54) is 12.1 Å². The second-order valence-corrected chi connectivity index (χ2v) is 7.16. The first-order chi connectivity index (χ1) is 11.1. The van der Waals surface area contributed by atoms with Crippen LogP contribution >= 0.6 is 11.6 Å². The van der Waals surface area contributed by atoms with Gasteiger partial charge in [0.1, 0.15) is 23.4 Å². The smallest absolute Gasteiger partial charge is 0.268 e. The Bertz CT molecular complexity index is 919. The maximum absolute atomic E-state index is 13.4. The summed E-state index contributed by atoms with van der Waals surface area (Å²) in [7, 11) is -3.90. The SMILES string of the molecule is CS(=O)(=O)c1ccc(Oc2cc(F)cc(Cl)c2)c(C(F)F)c1C#N. The number of hydrogen-bond donors (Lipinski definition) is 0. The van der Waals surface area contributed by atoms with Crippen molar-refractivity contribution in [3.63, 3.8) is 0 Å². The van der Waals surface area contributed by atoms with Crippen molar-refractivity contribution >= 4 is 21.4 Å². The van der Waals surface area contributed by atoms with Gasteiger partial charge >= 0.3 is 0 Å². The highest BCUT2D eigenvalue weighted by atomic mass is 35.5. The Morgan fingerprint density at radius 2 is 1.92 bits per heavy atom. The molecule has 2 aromatic carbocycles. The molecule has 0 aliphatic heterocycles. The van der Waals surface area contributed by atoms with E-state index in [2.05, 4.69) is 0 Å². The monoisotopic (exact) mass is 375 g/mol. The van der Waals surface area contributed by atoms with Crippen LogP contribution in [-0.2, 0) is 9.84 Å². The van der Waals surface area contributed by atoms with Gasteiger partial charge in [0.25, 0.3) is 6.43 Å². The van der Waals surface area contributed by atoms with Crippen LogP contribution in [0.5, 0.6) is 11.5 Å². The number of nitriles is 1. The Balaban J connectivity index is 2.65. The fraction of sp³-hybridized carbons (Fsp3) is 0.133. The number of halogens is 4. The second-order valence-electron chi connectivity index (χ2n) is 4.74. The lowest BCUT2D eigenvalue weighted by atomic mass is 10.1. The van der Waals surface area contributed by atoms with E-state index >= 15 is 0 Å². The Labute approximate surface area is 141 Å². The molecule has 0 saturated heterocycles. The number of hydrogen-bond acceptors (Lipinski definition) is 4. The standard InChI is InChI=1S/C15H9ClF3NO3S/c1-24(21,22)13-3-2-12(14(15(18)19)11(13)7-20)23-10-5-8(16)4-9(17)6-10/h2-6,15H,1H3. The number of rotatable bonds is 4. The average molecular weight is 376 g/mol. The largest absolute Gasteiger partial charge is 0.457 e. The van der Waals surface area contributed by atoms with Crippen molar-refractivity contribution in [2.75, 3.05) is 6.26 Å². The van der Waals surface area contributed by atoms with Gasteiger partial charge in [0.05, 0.1) is 16.0 Å². The Morgan fingerprint density at radius 1 is 1.25 bits per heavy atom. The van der Waals surface area contributed by atoms with Crippen LogP contribution in [0, 0.1) is 17.1 Å². The summed E-state index contributed by atoms with van der Waals surface area (Å²) >= 11 is 5.66. The topological polar surface area (TPSA) is 67.2 Å². The maximum Gasteiger partial charge on any atom is 0.268 e. The lowest BCUT2D eigenvalue weighted by molar-refractivity contribution is 0.147. The number of alkyl halides is 2. The van der Waals surface area contributed by atoms with E-state index in [1.807, 2.05) is 0 Å². The normalized spacial score (nSPS) is 11.4. The molecule has 0 unspecified atom stereocenters. The minimum Gasteiger partial charge on any atom is -0.457 e.